The van der Waals surface area contributed by atoms with Gasteiger partial charge in [0.1, 0.15) is 6.61 Å². The average molecular weight is 509 g/mol. The summed E-state index contributed by atoms with van der Waals surface area (Å²) in [4.78, 5) is 28.6. The fourth-order valence-electron chi connectivity index (χ4n) is 3.85. The topological polar surface area (TPSA) is 111 Å². The van der Waals surface area contributed by atoms with Gasteiger partial charge in [0.2, 0.25) is 0 Å². The summed E-state index contributed by atoms with van der Waals surface area (Å²) in [6, 6.07) is 21.7. The van der Waals surface area contributed by atoms with Crippen LogP contribution in [0.25, 0.3) is 21.6 Å². The van der Waals surface area contributed by atoms with Gasteiger partial charge in [0.15, 0.2) is 0 Å². The Morgan fingerprint density at radius 2 is 1.67 bits per heavy atom. The number of aryl methyl sites for hydroxylation is 1. The molecular formula is C27H23N3NaO4S-. The molecule has 0 saturated heterocycles. The second-order valence-electron chi connectivity index (χ2n) is 8.33. The van der Waals surface area contributed by atoms with Gasteiger partial charge in [-0.25, -0.2) is 4.79 Å². The minimum absolute atomic E-state index is 0. The van der Waals surface area contributed by atoms with Crippen LogP contribution in [-0.4, -0.2) is 27.2 Å². The van der Waals surface area contributed by atoms with Crippen molar-refractivity contribution in [3.8, 4) is 21.6 Å². The summed E-state index contributed by atoms with van der Waals surface area (Å²) in [7, 11) is 0. The Labute approximate surface area is 235 Å². The summed E-state index contributed by atoms with van der Waals surface area (Å²) in [5.41, 5.74) is 5.82. The van der Waals surface area contributed by atoms with Crippen molar-refractivity contribution in [3.05, 3.63) is 89.9 Å². The molecule has 0 spiro atoms. The van der Waals surface area contributed by atoms with Crippen LogP contribution in [0.15, 0.2) is 72.9 Å². The number of aromatic nitrogens is 2. The molecule has 0 bridgehead atoms. The van der Waals surface area contributed by atoms with Gasteiger partial charge in [-0.1, -0.05) is 73.0 Å². The number of pyridine rings is 1. The molecule has 0 radical (unpaired) electrons. The second-order valence-corrected chi connectivity index (χ2v) is 9.11. The van der Waals surface area contributed by atoms with Crippen molar-refractivity contribution in [3.63, 3.8) is 0 Å². The molecule has 2 heterocycles. The van der Waals surface area contributed by atoms with Gasteiger partial charge < -0.3 is 15.0 Å². The monoisotopic (exact) mass is 508 g/mol. The minimum atomic E-state index is -0.548. The summed E-state index contributed by atoms with van der Waals surface area (Å²) in [6.45, 7) is 1.95. The smallest absolute Gasteiger partial charge is 0.870 e. The zero-order valence-corrected chi connectivity index (χ0v) is 22.8. The SMILES string of the molecule is Cc1nsc(-c2ccc(-c3ccc(C4([C-]=O)CC4)cc3)cc2)c1NC(=O)OCc1ccccn1.[Na+].[OH-]. The molecule has 1 fully saturated rings. The molecule has 1 aliphatic rings. The average Bonchev–Trinajstić information content (AvgIpc) is 3.61. The van der Waals surface area contributed by atoms with E-state index in [-0.39, 0.29) is 47.1 Å². The van der Waals surface area contributed by atoms with E-state index in [1.807, 2.05) is 67.6 Å². The van der Waals surface area contributed by atoms with Gasteiger partial charge in [-0.05, 0) is 47.3 Å². The summed E-state index contributed by atoms with van der Waals surface area (Å²) in [5.74, 6) is 0. The molecule has 7 nitrogen and oxygen atoms in total. The van der Waals surface area contributed by atoms with E-state index in [0.717, 1.165) is 45.7 Å². The van der Waals surface area contributed by atoms with Crippen molar-refractivity contribution in [2.75, 3.05) is 5.32 Å². The number of ether oxygens (including phenoxy) is 1. The Bertz CT molecular complexity index is 1320. The number of hydrogen-bond donors (Lipinski definition) is 1. The van der Waals surface area contributed by atoms with Gasteiger partial charge in [0.05, 0.1) is 22.0 Å². The van der Waals surface area contributed by atoms with Crippen molar-refractivity contribution < 1.29 is 49.4 Å². The molecule has 178 valence electrons. The molecule has 36 heavy (non-hydrogen) atoms. The molecule has 1 saturated carbocycles. The molecule has 5 rings (SSSR count). The van der Waals surface area contributed by atoms with Crippen molar-refractivity contribution in [2.45, 2.75) is 31.8 Å². The predicted octanol–water partition coefficient (Wildman–Crippen LogP) is 2.90. The van der Waals surface area contributed by atoms with E-state index in [4.69, 9.17) is 4.74 Å². The first kappa shape index (κ1) is 27.7. The van der Waals surface area contributed by atoms with Crippen molar-refractivity contribution >= 4 is 29.6 Å². The van der Waals surface area contributed by atoms with Gasteiger partial charge >= 0.3 is 35.7 Å². The molecule has 2 aromatic carbocycles. The van der Waals surface area contributed by atoms with Crippen LogP contribution < -0.4 is 34.9 Å². The van der Waals surface area contributed by atoms with E-state index in [2.05, 4.69) is 21.0 Å². The van der Waals surface area contributed by atoms with Gasteiger partial charge in [-0.15, -0.1) is 5.41 Å². The number of benzene rings is 2. The Kier molecular flexibility index (Phi) is 9.16. The number of carbonyl (C=O) groups excluding carboxylic acids is 2. The van der Waals surface area contributed by atoms with Crippen LogP contribution in [0.2, 0.25) is 0 Å². The molecule has 1 amide bonds. The van der Waals surface area contributed by atoms with Crippen LogP contribution in [0.5, 0.6) is 0 Å². The van der Waals surface area contributed by atoms with Gasteiger partial charge in [-0.3, -0.25) is 16.6 Å². The van der Waals surface area contributed by atoms with E-state index >= 15 is 0 Å². The number of nitrogens with zero attached hydrogens (tertiary/aromatic N) is 2. The number of rotatable bonds is 7. The fourth-order valence-corrected chi connectivity index (χ4v) is 4.70. The molecule has 0 atom stereocenters. The summed E-state index contributed by atoms with van der Waals surface area (Å²) in [5, 5.41) is 2.83. The largest absolute Gasteiger partial charge is 1.00 e. The Hall–Kier alpha value is -2.88. The molecule has 0 unspecified atom stereocenters. The summed E-state index contributed by atoms with van der Waals surface area (Å²) < 4.78 is 9.73. The van der Waals surface area contributed by atoms with Crippen LogP contribution in [0, 0.1) is 6.92 Å². The van der Waals surface area contributed by atoms with Crippen LogP contribution in [0.4, 0.5) is 10.5 Å². The van der Waals surface area contributed by atoms with E-state index in [9.17, 15) is 9.59 Å². The van der Waals surface area contributed by atoms with E-state index in [1.54, 1.807) is 12.3 Å². The van der Waals surface area contributed by atoms with Crippen molar-refractivity contribution in [1.29, 1.82) is 0 Å². The quantitative estimate of drug-likeness (QED) is 0.304. The number of anilines is 1. The van der Waals surface area contributed by atoms with Crippen LogP contribution in [-0.2, 0) is 21.6 Å². The third-order valence-corrected chi connectivity index (χ3v) is 7.02. The second kappa shape index (κ2) is 11.9. The number of nitrogens with one attached hydrogen (secondary N) is 1. The maximum absolute atomic E-state index is 12.4. The number of hydrogen-bond acceptors (Lipinski definition) is 7. The fraction of sp³-hybridized carbons (Fsp3) is 0.185. The molecular weight excluding hydrogens is 485 g/mol. The Morgan fingerprint density at radius 3 is 2.25 bits per heavy atom. The van der Waals surface area contributed by atoms with E-state index in [1.165, 1.54) is 11.5 Å². The third kappa shape index (κ3) is 5.91. The predicted molar refractivity (Wildman–Crippen MR) is 134 cm³/mol. The van der Waals surface area contributed by atoms with Crippen molar-refractivity contribution in [2.24, 2.45) is 0 Å². The summed E-state index contributed by atoms with van der Waals surface area (Å²) >= 11 is 1.33. The van der Waals surface area contributed by atoms with Crippen molar-refractivity contribution in [1.82, 2.24) is 9.36 Å². The standard InChI is InChI=1S/C27H22N3O3S.Na.H2O/c1-18-24(29-26(32)33-16-23-4-2-3-15-28-23)25(34-30-18)21-7-5-19(6-8-21)20-9-11-22(12-10-20)27(17-31)13-14-27;;/h2-12,15H,13-14,16H2,1H3,(H,29,32);;1H2/q-1;+1;/p-1. The normalized spacial score (nSPS) is 13.0. The Balaban J connectivity index is 0.00000180. The van der Waals surface area contributed by atoms with Gasteiger partial charge in [0, 0.05) is 6.20 Å². The molecule has 4 aromatic rings. The third-order valence-electron chi connectivity index (χ3n) is 6.03. The Morgan fingerprint density at radius 1 is 1.03 bits per heavy atom. The number of carbonyl (C=O) groups is 1. The first-order valence-electron chi connectivity index (χ1n) is 11.0. The number of amides is 1. The zero-order valence-electron chi connectivity index (χ0n) is 20.0. The van der Waals surface area contributed by atoms with Gasteiger partial charge in [0.25, 0.3) is 0 Å². The molecule has 9 heteroatoms. The molecule has 2 aromatic heterocycles. The minimum Gasteiger partial charge on any atom is -0.870 e. The molecule has 2 N–H and O–H groups in total. The zero-order chi connectivity index (χ0) is 23.5. The maximum atomic E-state index is 12.4. The van der Waals surface area contributed by atoms with Crippen LogP contribution >= 0.6 is 11.5 Å². The molecule has 0 aliphatic heterocycles. The maximum Gasteiger partial charge on any atom is 1.00 e. The van der Waals surface area contributed by atoms with E-state index < -0.39 is 6.09 Å². The van der Waals surface area contributed by atoms with E-state index in [0.29, 0.717) is 11.4 Å². The van der Waals surface area contributed by atoms with Crippen LogP contribution in [0.1, 0.15) is 29.8 Å². The van der Waals surface area contributed by atoms with Gasteiger partial charge in [-0.2, -0.15) is 4.37 Å². The molecule has 1 aliphatic carbocycles. The van der Waals surface area contributed by atoms with Crippen LogP contribution in [0.3, 0.4) is 0 Å². The first-order valence-corrected chi connectivity index (χ1v) is 11.8. The summed E-state index contributed by atoms with van der Waals surface area (Å²) in [6.07, 6.45) is 5.07. The first-order chi connectivity index (χ1) is 16.6.